The summed E-state index contributed by atoms with van der Waals surface area (Å²) in [6.45, 7) is 7.13. The Morgan fingerprint density at radius 2 is 1.34 bits per heavy atom. The van der Waals surface area contributed by atoms with Crippen molar-refractivity contribution < 1.29 is 0 Å². The predicted molar refractivity (Wildman–Crippen MR) is 137 cm³/mol. The third kappa shape index (κ3) is 4.10. The number of hydrogen-bond acceptors (Lipinski definition) is 3. The van der Waals surface area contributed by atoms with Crippen LogP contribution in [0.4, 0.5) is 0 Å². The second-order valence-corrected chi connectivity index (χ2v) is 14.2. The highest BCUT2D eigenvalue weighted by Crippen LogP contribution is 2.27. The minimum atomic E-state index is -1.28. The maximum atomic E-state index is 4.75. The summed E-state index contributed by atoms with van der Waals surface area (Å²) in [5.74, 6) is 0. The van der Waals surface area contributed by atoms with Gasteiger partial charge < -0.3 is 0 Å². The summed E-state index contributed by atoms with van der Waals surface area (Å²) in [4.78, 5) is 13.5. The van der Waals surface area contributed by atoms with Gasteiger partial charge in [0.15, 0.2) is 0 Å². The van der Waals surface area contributed by atoms with Crippen LogP contribution in [0.25, 0.3) is 44.4 Å². The van der Waals surface area contributed by atoms with E-state index in [0.717, 1.165) is 33.3 Å². The smallest absolute Gasteiger partial charge is 0.0775 e. The molecule has 4 heteroatoms. The SMILES string of the molecule is C[Si](C)(C)c1ccc(-c2ccc3cc(-c4ccc(-c5cccnc5)nc4)cnc3c2)cc1. The molecule has 0 unspecified atom stereocenters. The van der Waals surface area contributed by atoms with Crippen molar-refractivity contribution in [3.8, 4) is 33.5 Å². The molecule has 2 aromatic carbocycles. The second kappa shape index (κ2) is 8.13. The van der Waals surface area contributed by atoms with Crippen LogP contribution in [-0.2, 0) is 0 Å². The Hall–Kier alpha value is -3.63. The van der Waals surface area contributed by atoms with Crippen molar-refractivity contribution in [2.75, 3.05) is 0 Å². The van der Waals surface area contributed by atoms with Gasteiger partial charge in [0.05, 0.1) is 19.3 Å². The van der Waals surface area contributed by atoms with Crippen LogP contribution in [0.3, 0.4) is 0 Å². The standard InChI is InChI=1S/C28H25N3Si/c1-32(2,3)26-11-8-20(9-12-26)21-6-7-22-15-25(19-31-28(22)16-21)23-10-13-27(30-18-23)24-5-4-14-29-17-24/h4-19H,1-3H3. The molecule has 0 aliphatic carbocycles. The van der Waals surface area contributed by atoms with E-state index in [1.165, 1.54) is 16.3 Å². The number of benzene rings is 2. The molecule has 3 aromatic heterocycles. The molecule has 156 valence electrons. The van der Waals surface area contributed by atoms with Crippen LogP contribution in [0.15, 0.2) is 97.6 Å². The first-order chi connectivity index (χ1) is 15.5. The van der Waals surface area contributed by atoms with Gasteiger partial charge in [0.1, 0.15) is 0 Å². The Bertz CT molecular complexity index is 1370. The first kappa shape index (κ1) is 20.3. The van der Waals surface area contributed by atoms with Crippen LogP contribution < -0.4 is 5.19 Å². The molecule has 3 heterocycles. The van der Waals surface area contributed by atoms with Crippen molar-refractivity contribution in [2.45, 2.75) is 19.6 Å². The number of nitrogens with zero attached hydrogens (tertiary/aromatic N) is 3. The number of hydrogen-bond donors (Lipinski definition) is 0. The summed E-state index contributed by atoms with van der Waals surface area (Å²) in [6, 6.07) is 25.8. The Kier molecular flexibility index (Phi) is 5.15. The van der Waals surface area contributed by atoms with Gasteiger partial charge in [0.25, 0.3) is 0 Å². The zero-order valence-electron chi connectivity index (χ0n) is 18.6. The number of fused-ring (bicyclic) bond motifs is 1. The lowest BCUT2D eigenvalue weighted by molar-refractivity contribution is 1.28. The van der Waals surface area contributed by atoms with Gasteiger partial charge in [0.2, 0.25) is 0 Å². The quantitative estimate of drug-likeness (QED) is 0.302. The summed E-state index contributed by atoms with van der Waals surface area (Å²) in [7, 11) is -1.28. The first-order valence-electron chi connectivity index (χ1n) is 10.8. The summed E-state index contributed by atoms with van der Waals surface area (Å²) >= 11 is 0. The molecule has 0 atom stereocenters. The molecule has 3 nitrogen and oxygen atoms in total. The summed E-state index contributed by atoms with van der Waals surface area (Å²) in [6.07, 6.45) is 7.43. The molecule has 5 rings (SSSR count). The molecule has 0 fully saturated rings. The van der Waals surface area contributed by atoms with Crippen molar-refractivity contribution in [3.63, 3.8) is 0 Å². The third-order valence-corrected chi connectivity index (χ3v) is 7.89. The highest BCUT2D eigenvalue weighted by molar-refractivity contribution is 6.88. The summed E-state index contributed by atoms with van der Waals surface area (Å²) in [5.41, 5.74) is 7.48. The molecule has 0 spiro atoms. The molecule has 0 N–H and O–H groups in total. The maximum absolute atomic E-state index is 4.75. The monoisotopic (exact) mass is 431 g/mol. The number of pyridine rings is 3. The number of rotatable bonds is 4. The van der Waals surface area contributed by atoms with Gasteiger partial charge in [-0.2, -0.15) is 0 Å². The summed E-state index contributed by atoms with van der Waals surface area (Å²) < 4.78 is 0. The lowest BCUT2D eigenvalue weighted by Crippen LogP contribution is -2.37. The second-order valence-electron chi connectivity index (χ2n) is 9.13. The Morgan fingerprint density at radius 1 is 0.594 bits per heavy atom. The van der Waals surface area contributed by atoms with E-state index in [4.69, 9.17) is 4.98 Å². The fourth-order valence-electron chi connectivity index (χ4n) is 3.87. The zero-order valence-corrected chi connectivity index (χ0v) is 19.6. The van der Waals surface area contributed by atoms with Crippen molar-refractivity contribution in [1.82, 2.24) is 15.0 Å². The molecular formula is C28H25N3Si. The third-order valence-electron chi connectivity index (χ3n) is 5.82. The van der Waals surface area contributed by atoms with E-state index in [2.05, 4.69) is 84.2 Å². The Balaban J connectivity index is 1.43. The molecule has 0 saturated heterocycles. The predicted octanol–water partition coefficient (Wildman–Crippen LogP) is 6.57. The minimum absolute atomic E-state index is 0.917. The fraction of sp³-hybridized carbons (Fsp3) is 0.107. The average molecular weight is 432 g/mol. The van der Waals surface area contributed by atoms with E-state index in [1.54, 1.807) is 6.20 Å². The van der Waals surface area contributed by atoms with Crippen molar-refractivity contribution in [3.05, 3.63) is 97.6 Å². The lowest BCUT2D eigenvalue weighted by Gasteiger charge is -2.16. The fourth-order valence-corrected chi connectivity index (χ4v) is 5.04. The van der Waals surface area contributed by atoms with Crippen molar-refractivity contribution in [1.29, 1.82) is 0 Å². The van der Waals surface area contributed by atoms with E-state index in [0.29, 0.717) is 0 Å². The first-order valence-corrected chi connectivity index (χ1v) is 14.3. The van der Waals surface area contributed by atoms with Crippen LogP contribution >= 0.6 is 0 Å². The van der Waals surface area contributed by atoms with Crippen LogP contribution in [0.1, 0.15) is 0 Å². The maximum Gasteiger partial charge on any atom is 0.0775 e. The van der Waals surface area contributed by atoms with Gasteiger partial charge in [0, 0.05) is 46.9 Å². The van der Waals surface area contributed by atoms with E-state index in [9.17, 15) is 0 Å². The molecule has 0 radical (unpaired) electrons. The van der Waals surface area contributed by atoms with Crippen LogP contribution in [0, 0.1) is 0 Å². The largest absolute Gasteiger partial charge is 0.264 e. The van der Waals surface area contributed by atoms with E-state index in [1.807, 2.05) is 36.8 Å². The molecule has 0 saturated carbocycles. The molecule has 0 amide bonds. The van der Waals surface area contributed by atoms with Gasteiger partial charge in [-0.25, -0.2) is 0 Å². The molecule has 0 aliphatic rings. The van der Waals surface area contributed by atoms with Crippen LogP contribution in [0.2, 0.25) is 19.6 Å². The number of aromatic nitrogens is 3. The minimum Gasteiger partial charge on any atom is -0.264 e. The van der Waals surface area contributed by atoms with Crippen LogP contribution in [-0.4, -0.2) is 23.0 Å². The van der Waals surface area contributed by atoms with Gasteiger partial charge in [-0.3, -0.25) is 15.0 Å². The van der Waals surface area contributed by atoms with Crippen molar-refractivity contribution in [2.24, 2.45) is 0 Å². The Morgan fingerprint density at radius 3 is 2.03 bits per heavy atom. The van der Waals surface area contributed by atoms with E-state index < -0.39 is 8.07 Å². The molecule has 0 aliphatic heterocycles. The molecule has 32 heavy (non-hydrogen) atoms. The van der Waals surface area contributed by atoms with Gasteiger partial charge in [-0.05, 0) is 41.5 Å². The highest BCUT2D eigenvalue weighted by atomic mass is 28.3. The van der Waals surface area contributed by atoms with Crippen LogP contribution in [0.5, 0.6) is 0 Å². The normalized spacial score (nSPS) is 11.6. The van der Waals surface area contributed by atoms with E-state index in [-0.39, 0.29) is 0 Å². The van der Waals surface area contributed by atoms with Gasteiger partial charge in [-0.15, -0.1) is 0 Å². The zero-order chi connectivity index (χ0) is 22.1. The molecule has 5 aromatic rings. The van der Waals surface area contributed by atoms with E-state index >= 15 is 0 Å². The lowest BCUT2D eigenvalue weighted by atomic mass is 10.0. The molecule has 0 bridgehead atoms. The molecular weight excluding hydrogens is 406 g/mol. The topological polar surface area (TPSA) is 38.7 Å². The van der Waals surface area contributed by atoms with Gasteiger partial charge in [-0.1, -0.05) is 67.3 Å². The Labute approximate surface area is 189 Å². The van der Waals surface area contributed by atoms with Gasteiger partial charge >= 0.3 is 0 Å². The highest BCUT2D eigenvalue weighted by Gasteiger charge is 2.15. The van der Waals surface area contributed by atoms with Crippen molar-refractivity contribution >= 4 is 24.2 Å². The summed E-state index contributed by atoms with van der Waals surface area (Å²) in [5, 5.41) is 2.61. The average Bonchev–Trinajstić information content (AvgIpc) is 2.83.